The number of likely N-dealkylation sites (tertiary alicyclic amines) is 1. The lowest BCUT2D eigenvalue weighted by atomic mass is 9.72. The van der Waals surface area contributed by atoms with Gasteiger partial charge in [0.15, 0.2) is 0 Å². The predicted octanol–water partition coefficient (Wildman–Crippen LogP) is 4.80. The Morgan fingerprint density at radius 1 is 1.07 bits per heavy atom. The molecule has 1 saturated heterocycles. The van der Waals surface area contributed by atoms with Crippen molar-refractivity contribution in [1.29, 1.82) is 0 Å². The van der Waals surface area contributed by atoms with E-state index >= 15 is 0 Å². The third-order valence-electron chi connectivity index (χ3n) is 5.70. The van der Waals surface area contributed by atoms with E-state index in [4.69, 9.17) is 4.74 Å². The molecule has 0 aliphatic carbocycles. The topological polar surface area (TPSA) is 41.6 Å². The normalized spacial score (nSPS) is 17.9. The molecule has 0 saturated carbocycles. The highest BCUT2D eigenvalue weighted by molar-refractivity contribution is 5.69. The van der Waals surface area contributed by atoms with Gasteiger partial charge in [-0.1, -0.05) is 36.4 Å². The van der Waals surface area contributed by atoms with Gasteiger partial charge in [0.25, 0.3) is 0 Å². The SMILES string of the molecule is O=C(OCc1ccccc1)N1CCC2(CC1)CNc1cccc(C(F)(F)F)c12. The number of halogens is 3. The summed E-state index contributed by atoms with van der Waals surface area (Å²) in [5.41, 5.74) is 0.621. The number of rotatable bonds is 2. The number of hydrogen-bond donors (Lipinski definition) is 1. The van der Waals surface area contributed by atoms with Crippen molar-refractivity contribution in [1.82, 2.24) is 4.90 Å². The predicted molar refractivity (Wildman–Crippen MR) is 99.0 cm³/mol. The van der Waals surface area contributed by atoms with Gasteiger partial charge in [-0.3, -0.25) is 0 Å². The van der Waals surface area contributed by atoms with Gasteiger partial charge in [-0.25, -0.2) is 4.79 Å². The summed E-state index contributed by atoms with van der Waals surface area (Å²) in [5, 5.41) is 3.13. The fourth-order valence-electron chi connectivity index (χ4n) is 4.21. The third kappa shape index (κ3) is 3.41. The van der Waals surface area contributed by atoms with Crippen molar-refractivity contribution in [3.63, 3.8) is 0 Å². The molecule has 4 nitrogen and oxygen atoms in total. The van der Waals surface area contributed by atoms with Crippen LogP contribution >= 0.6 is 0 Å². The zero-order valence-electron chi connectivity index (χ0n) is 15.3. The molecule has 1 amide bonds. The van der Waals surface area contributed by atoms with Gasteiger partial charge < -0.3 is 15.0 Å². The van der Waals surface area contributed by atoms with Crippen LogP contribution in [0.3, 0.4) is 0 Å². The number of fused-ring (bicyclic) bond motifs is 2. The van der Waals surface area contributed by atoms with Crippen molar-refractivity contribution in [3.05, 3.63) is 65.2 Å². The zero-order valence-corrected chi connectivity index (χ0v) is 15.3. The largest absolute Gasteiger partial charge is 0.445 e. The molecule has 0 unspecified atom stereocenters. The van der Waals surface area contributed by atoms with Gasteiger partial charge >= 0.3 is 12.3 Å². The summed E-state index contributed by atoms with van der Waals surface area (Å²) in [7, 11) is 0. The highest BCUT2D eigenvalue weighted by Crippen LogP contribution is 2.49. The standard InChI is InChI=1S/C21H21F3N2O2/c22-21(23,24)16-7-4-8-17-18(16)20(14-25-17)9-11-26(12-10-20)19(27)28-13-15-5-2-1-3-6-15/h1-8,25H,9-14H2. The van der Waals surface area contributed by atoms with Crippen LogP contribution in [-0.2, 0) is 22.9 Å². The second-order valence-electron chi connectivity index (χ2n) is 7.39. The van der Waals surface area contributed by atoms with Crippen LogP contribution in [0.5, 0.6) is 0 Å². The first-order chi connectivity index (χ1) is 13.4. The molecule has 0 radical (unpaired) electrons. The highest BCUT2D eigenvalue weighted by Gasteiger charge is 2.48. The fourth-order valence-corrected chi connectivity index (χ4v) is 4.21. The first-order valence-corrected chi connectivity index (χ1v) is 9.29. The Morgan fingerprint density at radius 2 is 1.79 bits per heavy atom. The number of piperidine rings is 1. The molecular formula is C21H21F3N2O2. The van der Waals surface area contributed by atoms with Crippen LogP contribution in [0, 0.1) is 0 Å². The Hall–Kier alpha value is -2.70. The van der Waals surface area contributed by atoms with Gasteiger partial charge in [-0.05, 0) is 36.1 Å². The van der Waals surface area contributed by atoms with Crippen LogP contribution in [0.15, 0.2) is 48.5 Å². The number of carbonyl (C=O) groups is 1. The van der Waals surface area contributed by atoms with E-state index in [9.17, 15) is 18.0 Å². The van der Waals surface area contributed by atoms with Gasteiger partial charge in [-0.2, -0.15) is 13.2 Å². The van der Waals surface area contributed by atoms with Crippen molar-refractivity contribution in [2.45, 2.75) is 31.0 Å². The maximum Gasteiger partial charge on any atom is 0.416 e. The summed E-state index contributed by atoms with van der Waals surface area (Å²) in [5.74, 6) is 0. The number of alkyl halides is 3. The lowest BCUT2D eigenvalue weighted by Crippen LogP contribution is -2.46. The molecule has 2 aromatic rings. The Bertz CT molecular complexity index is 860. The fraction of sp³-hybridized carbons (Fsp3) is 0.381. The molecule has 2 heterocycles. The molecule has 1 N–H and O–H groups in total. The number of benzene rings is 2. The third-order valence-corrected chi connectivity index (χ3v) is 5.70. The Morgan fingerprint density at radius 3 is 2.46 bits per heavy atom. The Labute approximate surface area is 161 Å². The molecule has 2 aromatic carbocycles. The average molecular weight is 390 g/mol. The van der Waals surface area contributed by atoms with Crippen molar-refractivity contribution in [2.75, 3.05) is 25.0 Å². The Kier molecular flexibility index (Phi) is 4.69. The molecular weight excluding hydrogens is 369 g/mol. The van der Waals surface area contributed by atoms with Crippen molar-refractivity contribution in [2.24, 2.45) is 0 Å². The zero-order chi connectivity index (χ0) is 19.8. The van der Waals surface area contributed by atoms with Crippen molar-refractivity contribution in [3.8, 4) is 0 Å². The first-order valence-electron chi connectivity index (χ1n) is 9.29. The van der Waals surface area contributed by atoms with E-state index in [0.717, 1.165) is 11.6 Å². The molecule has 1 spiro atoms. The second kappa shape index (κ2) is 7.04. The highest BCUT2D eigenvalue weighted by atomic mass is 19.4. The van der Waals surface area contributed by atoms with Crippen molar-refractivity contribution < 1.29 is 22.7 Å². The molecule has 28 heavy (non-hydrogen) atoms. The molecule has 4 rings (SSSR count). The molecule has 148 valence electrons. The quantitative estimate of drug-likeness (QED) is 0.801. The maximum atomic E-state index is 13.5. The van der Waals surface area contributed by atoms with E-state index in [1.54, 1.807) is 11.0 Å². The summed E-state index contributed by atoms with van der Waals surface area (Å²) in [6.07, 6.45) is -3.87. The average Bonchev–Trinajstić information content (AvgIpc) is 3.05. The van der Waals surface area contributed by atoms with Gasteiger partial charge in [0.05, 0.1) is 5.56 Å². The summed E-state index contributed by atoms with van der Waals surface area (Å²) in [6.45, 7) is 1.40. The minimum absolute atomic E-state index is 0.184. The number of ether oxygens (including phenoxy) is 1. The van der Waals surface area contributed by atoms with Gasteiger partial charge in [0.2, 0.25) is 0 Å². The minimum Gasteiger partial charge on any atom is -0.445 e. The van der Waals surface area contributed by atoms with Crippen molar-refractivity contribution >= 4 is 11.8 Å². The molecule has 2 aliphatic rings. The minimum atomic E-state index is -4.39. The van der Waals surface area contributed by atoms with Crippen LogP contribution < -0.4 is 5.32 Å². The molecule has 2 aliphatic heterocycles. The lowest BCUT2D eigenvalue weighted by Gasteiger charge is -2.39. The van der Waals surface area contributed by atoms with Crippen LogP contribution in [0.2, 0.25) is 0 Å². The number of anilines is 1. The van der Waals surface area contributed by atoms with E-state index in [1.165, 1.54) is 6.07 Å². The maximum absolute atomic E-state index is 13.5. The van der Waals surface area contributed by atoms with E-state index < -0.39 is 23.2 Å². The van der Waals surface area contributed by atoms with E-state index in [-0.39, 0.29) is 6.61 Å². The molecule has 7 heteroatoms. The molecule has 0 bridgehead atoms. The van der Waals surface area contributed by atoms with Gasteiger partial charge in [0.1, 0.15) is 6.61 Å². The monoisotopic (exact) mass is 390 g/mol. The van der Waals surface area contributed by atoms with Crippen LogP contribution in [0.1, 0.15) is 29.5 Å². The van der Waals surface area contributed by atoms with Crippen LogP contribution in [0.4, 0.5) is 23.7 Å². The summed E-state index contributed by atoms with van der Waals surface area (Å²) >= 11 is 0. The lowest BCUT2D eigenvalue weighted by molar-refractivity contribution is -0.138. The summed E-state index contributed by atoms with van der Waals surface area (Å²) in [4.78, 5) is 13.9. The molecule has 0 atom stereocenters. The van der Waals surface area contributed by atoms with E-state index in [1.807, 2.05) is 30.3 Å². The van der Waals surface area contributed by atoms with Crippen LogP contribution in [0.25, 0.3) is 0 Å². The van der Waals surface area contributed by atoms with E-state index in [0.29, 0.717) is 43.7 Å². The van der Waals surface area contributed by atoms with Gasteiger partial charge in [0, 0.05) is 30.7 Å². The Balaban J connectivity index is 1.45. The summed E-state index contributed by atoms with van der Waals surface area (Å²) in [6, 6.07) is 13.7. The number of nitrogens with zero attached hydrogens (tertiary/aromatic N) is 1. The van der Waals surface area contributed by atoms with Gasteiger partial charge in [-0.15, -0.1) is 0 Å². The number of amides is 1. The number of carbonyl (C=O) groups excluding carboxylic acids is 1. The molecule has 0 aromatic heterocycles. The van der Waals surface area contributed by atoms with E-state index in [2.05, 4.69) is 5.32 Å². The summed E-state index contributed by atoms with van der Waals surface area (Å²) < 4.78 is 46.0. The van der Waals surface area contributed by atoms with Crippen LogP contribution in [-0.4, -0.2) is 30.6 Å². The first kappa shape index (κ1) is 18.7. The smallest absolute Gasteiger partial charge is 0.416 e. The second-order valence-corrected chi connectivity index (χ2v) is 7.39. The molecule has 1 fully saturated rings. The number of nitrogens with one attached hydrogen (secondary N) is 1. The number of hydrogen-bond acceptors (Lipinski definition) is 3.